The molecule has 37 heavy (non-hydrogen) atoms. The second kappa shape index (κ2) is 10.4. The fourth-order valence-corrected chi connectivity index (χ4v) is 4.55. The monoisotopic (exact) mass is 520 g/mol. The van der Waals surface area contributed by atoms with Crippen LogP contribution in [0.2, 0.25) is 0 Å². The third kappa shape index (κ3) is 5.17. The molecule has 0 spiro atoms. The lowest BCUT2D eigenvalue weighted by atomic mass is 10.0. The van der Waals surface area contributed by atoms with E-state index < -0.39 is 17.5 Å². The standard InChI is InChI=1S/C26H22F2N6O2S/c1-15(2)23-21(25(35)32-12-16-6-7-18(27)19(28)11-16)22-24(34(23)14-17-5-3-4-8-29-17)33-20(13-31-22)36-26-30-9-10-37-26/h3-11,13,15H,12,14H2,1-2H3,(H,32,35). The van der Waals surface area contributed by atoms with Crippen LogP contribution in [0, 0.1) is 11.6 Å². The molecule has 0 bridgehead atoms. The fourth-order valence-electron chi connectivity index (χ4n) is 4.06. The number of fused-ring (bicyclic) bond motifs is 1. The number of halogens is 2. The van der Waals surface area contributed by atoms with Gasteiger partial charge in [-0.05, 0) is 35.7 Å². The van der Waals surface area contributed by atoms with Gasteiger partial charge in [0, 0.05) is 30.0 Å². The van der Waals surface area contributed by atoms with E-state index in [0.29, 0.717) is 34.0 Å². The Kier molecular flexibility index (Phi) is 6.87. The summed E-state index contributed by atoms with van der Waals surface area (Å²) in [5, 5.41) is 5.02. The van der Waals surface area contributed by atoms with Crippen molar-refractivity contribution < 1.29 is 18.3 Å². The predicted molar refractivity (Wildman–Crippen MR) is 135 cm³/mol. The summed E-state index contributed by atoms with van der Waals surface area (Å²) in [5.74, 6) is -2.15. The van der Waals surface area contributed by atoms with Crippen molar-refractivity contribution >= 4 is 28.4 Å². The largest absolute Gasteiger partial charge is 0.410 e. The Balaban J connectivity index is 1.57. The quantitative estimate of drug-likeness (QED) is 0.292. The van der Waals surface area contributed by atoms with E-state index in [1.807, 2.05) is 36.6 Å². The first kappa shape index (κ1) is 24.4. The number of rotatable bonds is 8. The second-order valence-corrected chi connectivity index (χ2v) is 9.39. The highest BCUT2D eigenvalue weighted by atomic mass is 32.1. The molecule has 4 aromatic heterocycles. The molecule has 8 nitrogen and oxygen atoms in total. The predicted octanol–water partition coefficient (Wildman–Crippen LogP) is 5.46. The number of amides is 1. The topological polar surface area (TPSA) is 94.8 Å². The SMILES string of the molecule is CC(C)c1c(C(=O)NCc2ccc(F)c(F)c2)c2ncc(Oc3nccs3)nc2n1Cc1ccccn1. The second-order valence-electron chi connectivity index (χ2n) is 8.53. The first-order valence-electron chi connectivity index (χ1n) is 11.5. The lowest BCUT2D eigenvalue weighted by Gasteiger charge is -2.14. The van der Waals surface area contributed by atoms with Gasteiger partial charge in [-0.25, -0.2) is 18.7 Å². The number of thiazole rings is 1. The summed E-state index contributed by atoms with van der Waals surface area (Å²) in [6, 6.07) is 9.13. The fraction of sp³-hybridized carbons (Fsp3) is 0.192. The van der Waals surface area contributed by atoms with Crippen LogP contribution in [0.15, 0.2) is 60.4 Å². The maximum absolute atomic E-state index is 13.7. The molecule has 0 unspecified atom stereocenters. The third-order valence-corrected chi connectivity index (χ3v) is 6.28. The van der Waals surface area contributed by atoms with Gasteiger partial charge in [0.2, 0.25) is 5.88 Å². The van der Waals surface area contributed by atoms with Crippen molar-refractivity contribution in [2.75, 3.05) is 0 Å². The first-order valence-corrected chi connectivity index (χ1v) is 12.4. The molecule has 1 aromatic carbocycles. The molecule has 0 fully saturated rings. The smallest absolute Gasteiger partial charge is 0.280 e. The minimum atomic E-state index is -0.972. The number of hydrogen-bond acceptors (Lipinski definition) is 7. The van der Waals surface area contributed by atoms with E-state index in [1.165, 1.54) is 23.6 Å². The van der Waals surface area contributed by atoms with E-state index in [-0.39, 0.29) is 18.3 Å². The van der Waals surface area contributed by atoms with Crippen molar-refractivity contribution in [1.82, 2.24) is 29.8 Å². The van der Waals surface area contributed by atoms with Crippen molar-refractivity contribution in [3.63, 3.8) is 0 Å². The molecular formula is C26H22F2N6O2S. The van der Waals surface area contributed by atoms with E-state index in [0.717, 1.165) is 23.5 Å². The molecule has 11 heteroatoms. The Morgan fingerprint density at radius 2 is 1.97 bits per heavy atom. The highest BCUT2D eigenvalue weighted by Crippen LogP contribution is 2.32. The van der Waals surface area contributed by atoms with Crippen molar-refractivity contribution in [2.24, 2.45) is 0 Å². The Hall–Kier alpha value is -4.25. The van der Waals surface area contributed by atoms with E-state index in [1.54, 1.807) is 17.8 Å². The Bertz CT molecular complexity index is 1550. The zero-order chi connectivity index (χ0) is 25.9. The van der Waals surface area contributed by atoms with E-state index in [2.05, 4.69) is 25.3 Å². The third-order valence-electron chi connectivity index (χ3n) is 5.63. The Morgan fingerprint density at radius 3 is 2.68 bits per heavy atom. The van der Waals surface area contributed by atoms with Gasteiger partial charge in [0.25, 0.3) is 11.1 Å². The summed E-state index contributed by atoms with van der Waals surface area (Å²) in [6.45, 7) is 4.32. The average Bonchev–Trinajstić information content (AvgIpc) is 3.51. The number of aromatic nitrogens is 5. The van der Waals surface area contributed by atoms with Crippen molar-refractivity contribution in [3.8, 4) is 11.1 Å². The normalized spacial score (nSPS) is 11.3. The maximum atomic E-state index is 13.7. The molecule has 0 aliphatic heterocycles. The van der Waals surface area contributed by atoms with Crippen LogP contribution in [-0.2, 0) is 13.1 Å². The molecule has 1 amide bonds. The summed E-state index contributed by atoms with van der Waals surface area (Å²) in [5.41, 5.74) is 3.14. The molecule has 5 rings (SSSR count). The molecular weight excluding hydrogens is 498 g/mol. The van der Waals surface area contributed by atoms with Gasteiger partial charge in [-0.3, -0.25) is 9.78 Å². The number of nitrogens with zero attached hydrogens (tertiary/aromatic N) is 5. The summed E-state index contributed by atoms with van der Waals surface area (Å²) in [7, 11) is 0. The number of nitrogens with one attached hydrogen (secondary N) is 1. The maximum Gasteiger partial charge on any atom is 0.280 e. The molecule has 0 saturated heterocycles. The highest BCUT2D eigenvalue weighted by molar-refractivity contribution is 7.11. The van der Waals surface area contributed by atoms with Crippen LogP contribution in [0.25, 0.3) is 11.2 Å². The molecule has 188 valence electrons. The number of carbonyl (C=O) groups is 1. The summed E-state index contributed by atoms with van der Waals surface area (Å²) >= 11 is 1.32. The zero-order valence-electron chi connectivity index (χ0n) is 20.0. The van der Waals surface area contributed by atoms with Gasteiger partial charge in [-0.1, -0.05) is 37.3 Å². The van der Waals surface area contributed by atoms with Gasteiger partial charge in [-0.2, -0.15) is 4.98 Å². The van der Waals surface area contributed by atoms with Crippen LogP contribution in [0.3, 0.4) is 0 Å². The van der Waals surface area contributed by atoms with Gasteiger partial charge in [0.05, 0.1) is 24.0 Å². The van der Waals surface area contributed by atoms with Crippen LogP contribution in [0.1, 0.15) is 47.1 Å². The lowest BCUT2D eigenvalue weighted by molar-refractivity contribution is 0.0950. The number of benzene rings is 1. The molecule has 0 aliphatic carbocycles. The lowest BCUT2D eigenvalue weighted by Crippen LogP contribution is -2.24. The molecule has 1 N–H and O–H groups in total. The van der Waals surface area contributed by atoms with Gasteiger partial charge in [-0.15, -0.1) is 0 Å². The van der Waals surface area contributed by atoms with Crippen molar-refractivity contribution in [1.29, 1.82) is 0 Å². The van der Waals surface area contributed by atoms with Gasteiger partial charge in [0.15, 0.2) is 17.3 Å². The zero-order valence-corrected chi connectivity index (χ0v) is 20.8. The number of hydrogen-bond donors (Lipinski definition) is 1. The van der Waals surface area contributed by atoms with Crippen molar-refractivity contribution in [3.05, 3.63) is 94.5 Å². The summed E-state index contributed by atoms with van der Waals surface area (Å²) < 4.78 is 34.7. The minimum absolute atomic E-state index is 0.0130. The van der Waals surface area contributed by atoms with Crippen LogP contribution in [0.4, 0.5) is 8.78 Å². The molecule has 4 heterocycles. The molecule has 5 aromatic rings. The van der Waals surface area contributed by atoms with Crippen LogP contribution >= 0.6 is 11.3 Å². The Labute approximate surface area is 215 Å². The van der Waals surface area contributed by atoms with E-state index >= 15 is 0 Å². The average molecular weight is 521 g/mol. The number of carbonyl (C=O) groups excluding carboxylic acids is 1. The summed E-state index contributed by atoms with van der Waals surface area (Å²) in [6.07, 6.45) is 4.78. The van der Waals surface area contributed by atoms with Gasteiger partial charge < -0.3 is 14.6 Å². The minimum Gasteiger partial charge on any atom is -0.410 e. The first-order chi connectivity index (χ1) is 17.9. The van der Waals surface area contributed by atoms with E-state index in [9.17, 15) is 13.6 Å². The van der Waals surface area contributed by atoms with Gasteiger partial charge in [0.1, 0.15) is 5.52 Å². The highest BCUT2D eigenvalue weighted by Gasteiger charge is 2.27. The van der Waals surface area contributed by atoms with Crippen LogP contribution in [-0.4, -0.2) is 30.4 Å². The summed E-state index contributed by atoms with van der Waals surface area (Å²) in [4.78, 5) is 31.3. The van der Waals surface area contributed by atoms with E-state index in [4.69, 9.17) is 4.74 Å². The Morgan fingerprint density at radius 1 is 1.11 bits per heavy atom. The molecule has 0 aliphatic rings. The molecule has 0 atom stereocenters. The number of pyridine rings is 1. The van der Waals surface area contributed by atoms with Crippen LogP contribution in [0.5, 0.6) is 11.1 Å². The van der Waals surface area contributed by atoms with Gasteiger partial charge >= 0.3 is 0 Å². The van der Waals surface area contributed by atoms with Crippen molar-refractivity contribution in [2.45, 2.75) is 32.9 Å². The van der Waals surface area contributed by atoms with Crippen LogP contribution < -0.4 is 10.1 Å². The number of ether oxygens (including phenoxy) is 1. The molecule has 0 radical (unpaired) electrons. The molecule has 0 saturated carbocycles.